The number of hydrogen-bond donors (Lipinski definition) is 2. The molecule has 0 saturated carbocycles. The molecular formula is C25H20N2O4. The fourth-order valence-corrected chi connectivity index (χ4v) is 3.00. The highest BCUT2D eigenvalue weighted by Gasteiger charge is 2.10. The lowest BCUT2D eigenvalue weighted by Gasteiger charge is -2.10. The van der Waals surface area contributed by atoms with Crippen LogP contribution in [-0.2, 0) is 4.79 Å². The SMILES string of the molecule is O=C(COc1ccc(-c2ccccc2)cc1)Nc1cccc(NC(=O)c2ccco2)c1. The van der Waals surface area contributed by atoms with E-state index in [1.165, 1.54) is 6.26 Å². The first-order valence-corrected chi connectivity index (χ1v) is 9.70. The number of hydrogen-bond acceptors (Lipinski definition) is 4. The summed E-state index contributed by atoms with van der Waals surface area (Å²) in [5, 5.41) is 5.48. The molecule has 0 fully saturated rings. The van der Waals surface area contributed by atoms with Crippen LogP contribution >= 0.6 is 0 Å². The van der Waals surface area contributed by atoms with Crippen LogP contribution in [0.2, 0.25) is 0 Å². The third kappa shape index (κ3) is 5.39. The number of anilines is 2. The fraction of sp³-hybridized carbons (Fsp3) is 0.0400. The Morgan fingerprint density at radius 1 is 0.742 bits per heavy atom. The van der Waals surface area contributed by atoms with E-state index >= 15 is 0 Å². The van der Waals surface area contributed by atoms with Gasteiger partial charge in [-0.05, 0) is 53.6 Å². The smallest absolute Gasteiger partial charge is 0.291 e. The van der Waals surface area contributed by atoms with E-state index in [1.807, 2.05) is 54.6 Å². The molecule has 4 aromatic rings. The topological polar surface area (TPSA) is 80.6 Å². The Morgan fingerprint density at radius 2 is 1.45 bits per heavy atom. The van der Waals surface area contributed by atoms with E-state index in [0.29, 0.717) is 17.1 Å². The Hall–Kier alpha value is -4.32. The number of carbonyl (C=O) groups is 2. The minimum atomic E-state index is -0.365. The number of benzene rings is 3. The van der Waals surface area contributed by atoms with Gasteiger partial charge in [-0.25, -0.2) is 0 Å². The van der Waals surface area contributed by atoms with Gasteiger partial charge in [0.15, 0.2) is 12.4 Å². The lowest BCUT2D eigenvalue weighted by atomic mass is 10.1. The van der Waals surface area contributed by atoms with Crippen molar-refractivity contribution in [2.24, 2.45) is 0 Å². The second-order valence-electron chi connectivity index (χ2n) is 6.74. The molecule has 2 N–H and O–H groups in total. The second-order valence-corrected chi connectivity index (χ2v) is 6.74. The van der Waals surface area contributed by atoms with Gasteiger partial charge in [-0.3, -0.25) is 9.59 Å². The molecule has 0 radical (unpaired) electrons. The number of rotatable bonds is 7. The summed E-state index contributed by atoms with van der Waals surface area (Å²) in [4.78, 5) is 24.3. The van der Waals surface area contributed by atoms with Gasteiger partial charge in [0.2, 0.25) is 0 Å². The van der Waals surface area contributed by atoms with Crippen molar-refractivity contribution in [3.05, 3.63) is 103 Å². The predicted octanol–water partition coefficient (Wildman–Crippen LogP) is 5.22. The van der Waals surface area contributed by atoms with Crippen molar-refractivity contribution in [1.29, 1.82) is 0 Å². The number of furan rings is 1. The van der Waals surface area contributed by atoms with Gasteiger partial charge in [0.05, 0.1) is 6.26 Å². The summed E-state index contributed by atoms with van der Waals surface area (Å²) in [6.45, 7) is -0.131. The molecule has 0 spiro atoms. The van der Waals surface area contributed by atoms with E-state index in [9.17, 15) is 9.59 Å². The lowest BCUT2D eigenvalue weighted by molar-refractivity contribution is -0.118. The number of ether oxygens (including phenoxy) is 1. The van der Waals surface area contributed by atoms with Gasteiger partial charge >= 0.3 is 0 Å². The summed E-state index contributed by atoms with van der Waals surface area (Å²) >= 11 is 0. The molecule has 3 aromatic carbocycles. The first-order chi connectivity index (χ1) is 15.2. The maximum atomic E-state index is 12.3. The predicted molar refractivity (Wildman–Crippen MR) is 119 cm³/mol. The summed E-state index contributed by atoms with van der Waals surface area (Å²) < 4.78 is 10.7. The summed E-state index contributed by atoms with van der Waals surface area (Å²) in [6, 6.07) is 27.7. The van der Waals surface area contributed by atoms with E-state index < -0.39 is 0 Å². The first-order valence-electron chi connectivity index (χ1n) is 9.70. The standard InChI is InChI=1S/C25H20N2O4/c28-24(17-31-22-13-11-19(12-14-22)18-6-2-1-3-7-18)26-20-8-4-9-21(16-20)27-25(29)23-10-5-15-30-23/h1-16H,17H2,(H,26,28)(H,27,29). The van der Waals surface area contributed by atoms with Crippen molar-refractivity contribution >= 4 is 23.2 Å². The summed E-state index contributed by atoms with van der Waals surface area (Å²) in [6.07, 6.45) is 1.43. The molecule has 2 amide bonds. The van der Waals surface area contributed by atoms with Gasteiger partial charge in [-0.2, -0.15) is 0 Å². The third-order valence-corrected chi connectivity index (χ3v) is 4.48. The van der Waals surface area contributed by atoms with Crippen LogP contribution in [0.5, 0.6) is 5.75 Å². The maximum absolute atomic E-state index is 12.3. The second kappa shape index (κ2) is 9.45. The van der Waals surface area contributed by atoms with Crippen molar-refractivity contribution in [2.45, 2.75) is 0 Å². The fourth-order valence-electron chi connectivity index (χ4n) is 3.00. The van der Waals surface area contributed by atoms with E-state index in [0.717, 1.165) is 11.1 Å². The molecule has 0 saturated heterocycles. The van der Waals surface area contributed by atoms with Gasteiger partial charge in [-0.15, -0.1) is 0 Å². The van der Waals surface area contributed by atoms with Crippen LogP contribution in [0, 0.1) is 0 Å². The van der Waals surface area contributed by atoms with Crippen molar-refractivity contribution < 1.29 is 18.7 Å². The first kappa shape index (κ1) is 20.0. The molecule has 0 aliphatic carbocycles. The van der Waals surface area contributed by atoms with Gasteiger partial charge < -0.3 is 19.8 Å². The minimum absolute atomic E-state index is 0.131. The maximum Gasteiger partial charge on any atom is 0.291 e. The Morgan fingerprint density at radius 3 is 2.16 bits per heavy atom. The molecule has 1 aromatic heterocycles. The van der Waals surface area contributed by atoms with Crippen LogP contribution in [-0.4, -0.2) is 18.4 Å². The largest absolute Gasteiger partial charge is 0.484 e. The molecular weight excluding hydrogens is 392 g/mol. The Labute approximate surface area is 179 Å². The Kier molecular flexibility index (Phi) is 6.09. The average Bonchev–Trinajstić information content (AvgIpc) is 3.34. The Bertz CT molecular complexity index is 1150. The zero-order valence-corrected chi connectivity index (χ0v) is 16.6. The normalized spacial score (nSPS) is 10.3. The summed E-state index contributed by atoms with van der Waals surface area (Å²) in [5.74, 6) is 0.146. The molecule has 0 aliphatic heterocycles. The molecule has 0 unspecified atom stereocenters. The van der Waals surface area contributed by atoms with Gasteiger partial charge in [-0.1, -0.05) is 48.5 Å². The molecule has 4 rings (SSSR count). The number of nitrogens with one attached hydrogen (secondary N) is 2. The summed E-state index contributed by atoms with van der Waals surface area (Å²) in [5.41, 5.74) is 3.28. The van der Waals surface area contributed by atoms with E-state index in [4.69, 9.17) is 9.15 Å². The number of carbonyl (C=O) groups excluding carboxylic acids is 2. The van der Waals surface area contributed by atoms with Crippen LogP contribution in [0.3, 0.4) is 0 Å². The molecule has 0 aliphatic rings. The van der Waals surface area contributed by atoms with Crippen molar-refractivity contribution in [2.75, 3.05) is 17.2 Å². The highest BCUT2D eigenvalue weighted by atomic mass is 16.5. The zero-order valence-electron chi connectivity index (χ0n) is 16.6. The van der Waals surface area contributed by atoms with Crippen LogP contribution in [0.4, 0.5) is 11.4 Å². The lowest BCUT2D eigenvalue weighted by Crippen LogP contribution is -2.20. The molecule has 6 heteroatoms. The van der Waals surface area contributed by atoms with Gasteiger partial charge in [0, 0.05) is 11.4 Å². The molecule has 6 nitrogen and oxygen atoms in total. The monoisotopic (exact) mass is 412 g/mol. The van der Waals surface area contributed by atoms with Crippen LogP contribution in [0.25, 0.3) is 11.1 Å². The zero-order chi connectivity index (χ0) is 21.5. The third-order valence-electron chi connectivity index (χ3n) is 4.48. The molecule has 154 valence electrons. The van der Waals surface area contributed by atoms with Crippen LogP contribution in [0.1, 0.15) is 10.6 Å². The van der Waals surface area contributed by atoms with E-state index in [2.05, 4.69) is 10.6 Å². The van der Waals surface area contributed by atoms with Crippen molar-refractivity contribution in [1.82, 2.24) is 0 Å². The Balaban J connectivity index is 1.30. The van der Waals surface area contributed by atoms with Crippen LogP contribution in [0.15, 0.2) is 102 Å². The highest BCUT2D eigenvalue weighted by Crippen LogP contribution is 2.22. The van der Waals surface area contributed by atoms with Crippen molar-refractivity contribution in [3.63, 3.8) is 0 Å². The highest BCUT2D eigenvalue weighted by molar-refractivity contribution is 6.02. The van der Waals surface area contributed by atoms with E-state index in [-0.39, 0.29) is 24.2 Å². The molecule has 31 heavy (non-hydrogen) atoms. The molecule has 1 heterocycles. The van der Waals surface area contributed by atoms with Crippen molar-refractivity contribution in [3.8, 4) is 16.9 Å². The van der Waals surface area contributed by atoms with Gasteiger partial charge in [0.1, 0.15) is 5.75 Å². The van der Waals surface area contributed by atoms with Crippen LogP contribution < -0.4 is 15.4 Å². The van der Waals surface area contributed by atoms with E-state index in [1.54, 1.807) is 36.4 Å². The minimum Gasteiger partial charge on any atom is -0.484 e. The summed E-state index contributed by atoms with van der Waals surface area (Å²) in [7, 11) is 0. The van der Waals surface area contributed by atoms with Gasteiger partial charge in [0.25, 0.3) is 11.8 Å². The number of amides is 2. The molecule has 0 bridgehead atoms. The quantitative estimate of drug-likeness (QED) is 0.436. The average molecular weight is 412 g/mol. The molecule has 0 atom stereocenters.